The van der Waals surface area contributed by atoms with Gasteiger partial charge in [-0.3, -0.25) is 4.79 Å². The molecule has 0 aromatic heterocycles. The number of carbonyl (C=O) groups is 1. The molecule has 2 aliphatic rings. The fourth-order valence-electron chi connectivity index (χ4n) is 3.35. The van der Waals surface area contributed by atoms with Gasteiger partial charge in [-0.05, 0) is 30.6 Å². The van der Waals surface area contributed by atoms with Crippen LogP contribution < -0.4 is 5.32 Å². The first-order chi connectivity index (χ1) is 11.2. The molecule has 3 rings (SSSR count). The molecule has 3 nitrogen and oxygen atoms in total. The van der Waals surface area contributed by atoms with Gasteiger partial charge in [0.15, 0.2) is 5.78 Å². The zero-order chi connectivity index (χ0) is 16.2. The highest BCUT2D eigenvalue weighted by Crippen LogP contribution is 2.39. The Bertz CT molecular complexity index is 713. The fourth-order valence-corrected chi connectivity index (χ4v) is 4.17. The SMILES string of the molecule is CCSC1=C(C#N)[C@@H](Cc2ccccc2)C2=C(CCCC2=O)N1. The first-order valence-electron chi connectivity index (χ1n) is 8.08. The van der Waals surface area contributed by atoms with E-state index in [1.165, 1.54) is 5.56 Å². The van der Waals surface area contributed by atoms with E-state index in [9.17, 15) is 10.1 Å². The van der Waals surface area contributed by atoms with Crippen LogP contribution in [0.15, 0.2) is 52.2 Å². The molecule has 0 saturated heterocycles. The smallest absolute Gasteiger partial charge is 0.161 e. The molecule has 1 atom stereocenters. The summed E-state index contributed by atoms with van der Waals surface area (Å²) in [6.07, 6.45) is 3.11. The van der Waals surface area contributed by atoms with Crippen molar-refractivity contribution in [3.8, 4) is 6.07 Å². The van der Waals surface area contributed by atoms with Gasteiger partial charge >= 0.3 is 0 Å². The Morgan fingerprint density at radius 3 is 2.78 bits per heavy atom. The largest absolute Gasteiger partial charge is 0.352 e. The minimum Gasteiger partial charge on any atom is -0.352 e. The van der Waals surface area contributed by atoms with E-state index in [0.717, 1.165) is 40.5 Å². The number of dihydropyridines is 1. The summed E-state index contributed by atoms with van der Waals surface area (Å²) in [6, 6.07) is 12.5. The first kappa shape index (κ1) is 15.9. The van der Waals surface area contributed by atoms with Crippen LogP contribution in [0.5, 0.6) is 0 Å². The predicted octanol–water partition coefficient (Wildman–Crippen LogP) is 3.94. The van der Waals surface area contributed by atoms with Gasteiger partial charge in [0, 0.05) is 23.6 Å². The average Bonchev–Trinajstić information content (AvgIpc) is 2.56. The van der Waals surface area contributed by atoms with Crippen LogP contribution in [0.2, 0.25) is 0 Å². The number of thioether (sulfide) groups is 1. The van der Waals surface area contributed by atoms with Crippen LogP contribution in [0, 0.1) is 17.2 Å². The van der Waals surface area contributed by atoms with Crippen molar-refractivity contribution < 1.29 is 4.79 Å². The van der Waals surface area contributed by atoms with Crippen molar-refractivity contribution in [2.24, 2.45) is 5.92 Å². The number of benzene rings is 1. The average molecular weight is 324 g/mol. The van der Waals surface area contributed by atoms with Crippen LogP contribution in [-0.4, -0.2) is 11.5 Å². The lowest BCUT2D eigenvalue weighted by Gasteiger charge is -2.33. The van der Waals surface area contributed by atoms with Crippen molar-refractivity contribution in [3.63, 3.8) is 0 Å². The summed E-state index contributed by atoms with van der Waals surface area (Å²) in [6.45, 7) is 2.08. The summed E-state index contributed by atoms with van der Waals surface area (Å²) in [5.41, 5.74) is 3.77. The molecule has 0 fully saturated rings. The number of nitrogens with zero attached hydrogens (tertiary/aromatic N) is 1. The van der Waals surface area contributed by atoms with Gasteiger partial charge < -0.3 is 5.32 Å². The molecule has 0 spiro atoms. The van der Waals surface area contributed by atoms with Gasteiger partial charge in [-0.2, -0.15) is 5.26 Å². The van der Waals surface area contributed by atoms with Crippen LogP contribution in [0.1, 0.15) is 31.7 Å². The Morgan fingerprint density at radius 2 is 2.09 bits per heavy atom. The highest BCUT2D eigenvalue weighted by molar-refractivity contribution is 8.03. The number of allylic oxidation sites excluding steroid dienone is 3. The number of hydrogen-bond acceptors (Lipinski definition) is 4. The van der Waals surface area contributed by atoms with Gasteiger partial charge in [-0.1, -0.05) is 37.3 Å². The Morgan fingerprint density at radius 1 is 1.30 bits per heavy atom. The Kier molecular flexibility index (Phi) is 4.88. The summed E-state index contributed by atoms with van der Waals surface area (Å²) in [5.74, 6) is 0.996. The van der Waals surface area contributed by atoms with Crippen LogP contribution in [0.3, 0.4) is 0 Å². The second-order valence-electron chi connectivity index (χ2n) is 5.82. The zero-order valence-electron chi connectivity index (χ0n) is 13.3. The van der Waals surface area contributed by atoms with Gasteiger partial charge in [-0.25, -0.2) is 0 Å². The Balaban J connectivity index is 2.03. The third kappa shape index (κ3) is 3.20. The minimum absolute atomic E-state index is 0.111. The fraction of sp³-hybridized carbons (Fsp3) is 0.368. The van der Waals surface area contributed by atoms with Gasteiger partial charge in [0.1, 0.15) is 0 Å². The Labute approximate surface area is 141 Å². The van der Waals surface area contributed by atoms with Crippen molar-refractivity contribution in [3.05, 3.63) is 57.8 Å². The normalized spacial score (nSPS) is 20.9. The summed E-state index contributed by atoms with van der Waals surface area (Å²) < 4.78 is 0. The van der Waals surface area contributed by atoms with Crippen molar-refractivity contribution in [1.29, 1.82) is 5.26 Å². The molecule has 23 heavy (non-hydrogen) atoms. The van der Waals surface area contributed by atoms with Gasteiger partial charge in [-0.15, -0.1) is 11.8 Å². The molecule has 0 unspecified atom stereocenters. The summed E-state index contributed by atoms with van der Waals surface area (Å²) in [4.78, 5) is 12.5. The van der Waals surface area contributed by atoms with E-state index >= 15 is 0 Å². The molecule has 1 aliphatic heterocycles. The van der Waals surface area contributed by atoms with Crippen molar-refractivity contribution in [1.82, 2.24) is 5.32 Å². The molecular formula is C19H20N2OS. The lowest BCUT2D eigenvalue weighted by Crippen LogP contribution is -2.33. The van der Waals surface area contributed by atoms with Crippen molar-refractivity contribution in [2.75, 3.05) is 5.75 Å². The highest BCUT2D eigenvalue weighted by atomic mass is 32.2. The molecule has 1 N–H and O–H groups in total. The lowest BCUT2D eigenvalue weighted by atomic mass is 9.77. The minimum atomic E-state index is -0.111. The maximum atomic E-state index is 12.5. The second kappa shape index (κ2) is 7.06. The quantitative estimate of drug-likeness (QED) is 0.911. The number of nitriles is 1. The van der Waals surface area contributed by atoms with Crippen LogP contribution in [0.4, 0.5) is 0 Å². The zero-order valence-corrected chi connectivity index (χ0v) is 14.1. The van der Waals surface area contributed by atoms with Crippen LogP contribution in [0.25, 0.3) is 0 Å². The van der Waals surface area contributed by atoms with E-state index in [1.807, 2.05) is 18.2 Å². The van der Waals surface area contributed by atoms with Crippen LogP contribution >= 0.6 is 11.8 Å². The molecular weight excluding hydrogens is 304 g/mol. The molecule has 0 radical (unpaired) electrons. The number of rotatable bonds is 4. The molecule has 1 aromatic carbocycles. The predicted molar refractivity (Wildman–Crippen MR) is 93.4 cm³/mol. The lowest BCUT2D eigenvalue weighted by molar-refractivity contribution is -0.116. The third-order valence-electron chi connectivity index (χ3n) is 4.35. The van der Waals surface area contributed by atoms with E-state index in [0.29, 0.717) is 12.8 Å². The number of hydrogen-bond donors (Lipinski definition) is 1. The number of Topliss-reactive ketones (excluding diaryl/α,β-unsaturated/α-hetero) is 1. The molecule has 1 heterocycles. The van der Waals surface area contributed by atoms with Crippen molar-refractivity contribution in [2.45, 2.75) is 32.6 Å². The maximum Gasteiger partial charge on any atom is 0.161 e. The first-order valence-corrected chi connectivity index (χ1v) is 9.07. The third-order valence-corrected chi connectivity index (χ3v) is 5.25. The highest BCUT2D eigenvalue weighted by Gasteiger charge is 2.35. The summed E-state index contributed by atoms with van der Waals surface area (Å²) >= 11 is 1.66. The molecule has 1 aromatic rings. The molecule has 0 saturated carbocycles. The van der Waals surface area contributed by atoms with E-state index in [4.69, 9.17) is 0 Å². The number of nitrogens with one attached hydrogen (secondary N) is 1. The van der Waals surface area contributed by atoms with Gasteiger partial charge in [0.05, 0.1) is 16.7 Å². The van der Waals surface area contributed by atoms with Gasteiger partial charge in [0.2, 0.25) is 0 Å². The van der Waals surface area contributed by atoms with Gasteiger partial charge in [0.25, 0.3) is 0 Å². The van der Waals surface area contributed by atoms with E-state index < -0.39 is 0 Å². The number of ketones is 1. The van der Waals surface area contributed by atoms with E-state index in [2.05, 4.69) is 30.4 Å². The summed E-state index contributed by atoms with van der Waals surface area (Å²) in [7, 11) is 0. The van der Waals surface area contributed by atoms with E-state index in [-0.39, 0.29) is 11.7 Å². The molecule has 4 heteroatoms. The molecule has 1 aliphatic carbocycles. The molecule has 118 valence electrons. The van der Waals surface area contributed by atoms with Crippen molar-refractivity contribution >= 4 is 17.5 Å². The summed E-state index contributed by atoms with van der Waals surface area (Å²) in [5, 5.41) is 14.0. The second-order valence-corrected chi connectivity index (χ2v) is 7.10. The molecule has 0 amide bonds. The maximum absolute atomic E-state index is 12.5. The molecule has 0 bridgehead atoms. The Hall–Kier alpha value is -1.99. The standard InChI is InChI=1S/C19H20N2OS/c1-2-23-19-15(12-20)14(11-13-7-4-3-5-8-13)18-16(21-19)9-6-10-17(18)22/h3-5,7-8,14,21H,2,6,9-11H2,1H3/t14-/m1/s1. The van der Waals surface area contributed by atoms with Crippen LogP contribution in [-0.2, 0) is 11.2 Å². The van der Waals surface area contributed by atoms with E-state index in [1.54, 1.807) is 11.8 Å². The monoisotopic (exact) mass is 324 g/mol. The number of carbonyl (C=O) groups excluding carboxylic acids is 1. The topological polar surface area (TPSA) is 52.9 Å².